The molecule has 0 fully saturated rings. The Hall–Kier alpha value is -10.1. The van der Waals surface area contributed by atoms with E-state index in [0.29, 0.717) is 58.9 Å². The Morgan fingerprint density at radius 3 is 1.16 bits per heavy atom. The predicted octanol–water partition coefficient (Wildman–Crippen LogP) is 10.9. The monoisotopic (exact) mass is 1250 g/mol. The zero-order chi connectivity index (χ0) is 63.4. The van der Waals surface area contributed by atoms with Gasteiger partial charge in [0.1, 0.15) is 51.5 Å². The molecule has 0 spiro atoms. The molecule has 3 aromatic carbocycles. The van der Waals surface area contributed by atoms with E-state index in [9.17, 15) is 24.0 Å². The number of anilines is 3. The molecule has 91 heavy (non-hydrogen) atoms. The lowest BCUT2D eigenvalue weighted by Crippen LogP contribution is -2.30. The largest absolute Gasteiger partial charge is 0.459 e. The number of carbonyl (C=O) groups is 5. The minimum absolute atomic E-state index is 0. The topological polar surface area (TPSA) is 228 Å². The second kappa shape index (κ2) is 30.0. The number of rotatable bonds is 12. The van der Waals surface area contributed by atoms with E-state index in [4.69, 9.17) is 13.3 Å². The highest BCUT2D eigenvalue weighted by Crippen LogP contribution is 2.30. The second-order valence-electron chi connectivity index (χ2n) is 22.7. The van der Waals surface area contributed by atoms with Crippen molar-refractivity contribution in [2.75, 3.05) is 76.4 Å². The number of carbonyl (C=O) groups excluding carboxylic acids is 5. The minimum atomic E-state index is -0.127. The van der Waals surface area contributed by atoms with E-state index in [0.717, 1.165) is 137 Å². The molecule has 20 nitrogen and oxygen atoms in total. The van der Waals surface area contributed by atoms with Crippen LogP contribution in [-0.2, 0) is 63.2 Å². The van der Waals surface area contributed by atoms with E-state index in [1.807, 2.05) is 112 Å². The number of nitrogens with zero attached hydrogens (tertiary/aromatic N) is 8. The molecule has 0 radical (unpaired) electrons. The second-order valence-corrected chi connectivity index (χ2v) is 22.7. The summed E-state index contributed by atoms with van der Waals surface area (Å²) in [5.41, 5.74) is 11.2. The predicted molar refractivity (Wildman–Crippen MR) is 359 cm³/mol. The molecule has 472 valence electrons. The zero-order valence-corrected chi connectivity index (χ0v) is 53.4. The molecule has 0 atom stereocenters. The number of para-hydroxylation sites is 3. The van der Waals surface area contributed by atoms with Crippen LogP contribution in [0.4, 0.5) is 17.5 Å². The lowest BCUT2D eigenvalue weighted by atomic mass is 10.1. The van der Waals surface area contributed by atoms with Crippen molar-refractivity contribution in [1.82, 2.24) is 44.8 Å². The molecule has 5 amide bonds. The average molecular weight is 1250 g/mol. The number of furan rings is 3. The van der Waals surface area contributed by atoms with Crippen LogP contribution in [0.2, 0.25) is 0 Å². The number of aromatic nitrogens is 3. The number of pyridine rings is 3. The molecule has 12 rings (SSSR count). The van der Waals surface area contributed by atoms with Gasteiger partial charge >= 0.3 is 0 Å². The van der Waals surface area contributed by atoms with E-state index in [2.05, 4.69) is 42.3 Å². The smallest absolute Gasteiger partial charge is 0.246 e. The van der Waals surface area contributed by atoms with E-state index < -0.39 is 0 Å². The van der Waals surface area contributed by atoms with Crippen LogP contribution >= 0.6 is 12.4 Å². The van der Waals surface area contributed by atoms with Crippen LogP contribution in [0.15, 0.2) is 141 Å². The Kier molecular flexibility index (Phi) is 21.5. The molecule has 6 aromatic heterocycles. The number of hydrogen-bond donors (Lipinski definition) is 4. The van der Waals surface area contributed by atoms with Crippen LogP contribution in [0.1, 0.15) is 81.2 Å². The Balaban J connectivity index is 0.000000161. The lowest BCUT2D eigenvalue weighted by molar-refractivity contribution is -0.130. The van der Waals surface area contributed by atoms with Gasteiger partial charge in [-0.25, -0.2) is 15.0 Å². The van der Waals surface area contributed by atoms with Gasteiger partial charge in [-0.15, -0.1) is 12.4 Å². The number of likely N-dealkylation sites (N-methyl/N-ethyl adjacent to an activating group) is 3. The fourth-order valence-electron chi connectivity index (χ4n) is 10.8. The van der Waals surface area contributed by atoms with Crippen molar-refractivity contribution in [1.29, 1.82) is 0 Å². The normalized spacial score (nSPS) is 13.6. The summed E-state index contributed by atoms with van der Waals surface area (Å²) in [4.78, 5) is 83.2. The van der Waals surface area contributed by atoms with Gasteiger partial charge in [0.25, 0.3) is 0 Å². The Labute approximate surface area is 535 Å². The van der Waals surface area contributed by atoms with Crippen molar-refractivity contribution >= 4 is 111 Å². The molecule has 3 aliphatic rings. The number of halogens is 1. The first-order chi connectivity index (χ1) is 43.5. The molecule has 0 bridgehead atoms. The van der Waals surface area contributed by atoms with Crippen LogP contribution in [0, 0.1) is 20.8 Å². The van der Waals surface area contributed by atoms with Gasteiger partial charge in [-0.2, -0.15) is 0 Å². The molecule has 0 saturated heterocycles. The maximum atomic E-state index is 12.6. The first kappa shape index (κ1) is 65.4. The van der Waals surface area contributed by atoms with Gasteiger partial charge in [-0.05, 0) is 92.1 Å². The third-order valence-electron chi connectivity index (χ3n) is 16.2. The van der Waals surface area contributed by atoms with Crippen LogP contribution in [0.25, 0.3) is 51.1 Å². The first-order valence-electron chi connectivity index (χ1n) is 30.1. The SMILES string of the molecule is CC(=O)N1CCNc2ncc(/C=C/C(=O)N(C)Cc3oc4ccccc4c3C)cc2C1.CC(=O)N1CCNc2ncc(/C=C/C(=O)N(C)Cc3oc4ccccc4c3C)cc2C1.Cc1c(CN(C)C(=O)/C=C/c2cnc3c(c2)CNCCN3)oc2ccccc12.Cl. The van der Waals surface area contributed by atoms with Crippen LogP contribution < -0.4 is 21.3 Å². The van der Waals surface area contributed by atoms with Gasteiger partial charge in [0.2, 0.25) is 29.5 Å². The van der Waals surface area contributed by atoms with Crippen molar-refractivity contribution in [2.24, 2.45) is 0 Å². The summed E-state index contributed by atoms with van der Waals surface area (Å²) >= 11 is 0. The maximum Gasteiger partial charge on any atom is 0.246 e. The molecular weight excluding hydrogens is 1170 g/mol. The Bertz CT molecular complexity index is 4040. The zero-order valence-electron chi connectivity index (χ0n) is 52.6. The lowest BCUT2D eigenvalue weighted by Gasteiger charge is -2.17. The quantitative estimate of drug-likeness (QED) is 0.0834. The summed E-state index contributed by atoms with van der Waals surface area (Å²) in [6.07, 6.45) is 15.2. The number of aryl methyl sites for hydroxylation is 3. The van der Waals surface area contributed by atoms with Gasteiger partial charge in [0, 0.05) is 180 Å². The number of nitrogens with one attached hydrogen (secondary N) is 4. The summed E-state index contributed by atoms with van der Waals surface area (Å²) in [6, 6.07) is 29.6. The van der Waals surface area contributed by atoms with Crippen LogP contribution in [0.5, 0.6) is 0 Å². The summed E-state index contributed by atoms with van der Waals surface area (Å²) in [6.45, 7) is 16.6. The summed E-state index contributed by atoms with van der Waals surface area (Å²) < 4.78 is 17.8. The summed E-state index contributed by atoms with van der Waals surface area (Å²) in [7, 11) is 5.29. The fourth-order valence-corrected chi connectivity index (χ4v) is 10.8. The van der Waals surface area contributed by atoms with Gasteiger partial charge < -0.3 is 59.0 Å². The summed E-state index contributed by atoms with van der Waals surface area (Å²) in [5.74, 6) is 4.60. The number of benzene rings is 3. The molecule has 3 aliphatic heterocycles. The molecule has 4 N–H and O–H groups in total. The van der Waals surface area contributed by atoms with E-state index in [-0.39, 0.29) is 41.9 Å². The average Bonchev–Trinajstić information content (AvgIpc) is 1.77. The molecule has 9 heterocycles. The van der Waals surface area contributed by atoms with Crippen molar-refractivity contribution in [3.63, 3.8) is 0 Å². The van der Waals surface area contributed by atoms with E-state index in [1.165, 1.54) is 12.2 Å². The van der Waals surface area contributed by atoms with E-state index in [1.54, 1.807) is 96.3 Å². The van der Waals surface area contributed by atoms with Gasteiger partial charge in [-0.1, -0.05) is 54.6 Å². The molecule has 21 heteroatoms. The highest BCUT2D eigenvalue weighted by atomic mass is 35.5. The number of hydrogen-bond acceptors (Lipinski definition) is 15. The number of amides is 5. The molecule has 0 unspecified atom stereocenters. The molecule has 0 saturated carbocycles. The molecule has 9 aromatic rings. The van der Waals surface area contributed by atoms with Crippen LogP contribution in [-0.4, -0.2) is 129 Å². The molecule has 0 aliphatic carbocycles. The third kappa shape index (κ3) is 16.2. The van der Waals surface area contributed by atoms with Crippen molar-refractivity contribution in [3.05, 3.63) is 195 Å². The van der Waals surface area contributed by atoms with E-state index >= 15 is 0 Å². The number of fused-ring (bicyclic) bond motifs is 6. The fraction of sp³-hybridized carbons (Fsp3) is 0.286. The minimum Gasteiger partial charge on any atom is -0.459 e. The van der Waals surface area contributed by atoms with Crippen molar-refractivity contribution < 1.29 is 37.2 Å². The van der Waals surface area contributed by atoms with Crippen molar-refractivity contribution in [2.45, 2.75) is 73.9 Å². The standard InChI is InChI=1S/2C24H26N4O3.C22H24N4O2.ClH/c2*1-16-20-6-4-5-7-21(20)31-22(16)15-27(3)23(30)9-8-18-12-19-14-28(17(2)29)11-10-25-24(19)26-13-18;1-15-18-5-3-4-6-19(18)28-20(15)14-26(2)21(27)8-7-16-11-17-13-23-9-10-24-22(17)25-12-16;/h2*4-9,12-13H,10-11,14-15H2,1-3H3,(H,25,26);3-8,11-12,23H,9-10,13-14H2,1-2H3,(H,24,25);1H/b2*9-8+;8-7+;. The maximum absolute atomic E-state index is 12.6. The Morgan fingerprint density at radius 1 is 0.484 bits per heavy atom. The summed E-state index contributed by atoms with van der Waals surface area (Å²) in [5, 5.41) is 16.4. The van der Waals surface area contributed by atoms with Crippen molar-refractivity contribution in [3.8, 4) is 0 Å². The van der Waals surface area contributed by atoms with Gasteiger partial charge in [0.05, 0.1) is 19.6 Å². The van der Waals surface area contributed by atoms with Crippen LogP contribution in [0.3, 0.4) is 0 Å². The Morgan fingerprint density at radius 2 is 0.813 bits per heavy atom. The highest BCUT2D eigenvalue weighted by molar-refractivity contribution is 5.94. The highest BCUT2D eigenvalue weighted by Gasteiger charge is 2.21. The molecular formula is C70H77ClN12O8. The third-order valence-corrected chi connectivity index (χ3v) is 16.2. The van der Waals surface area contributed by atoms with Gasteiger partial charge in [-0.3, -0.25) is 24.0 Å². The first-order valence-corrected chi connectivity index (χ1v) is 30.1. The van der Waals surface area contributed by atoms with Gasteiger partial charge in [0.15, 0.2) is 0 Å².